The predicted octanol–water partition coefficient (Wildman–Crippen LogP) is 3.09. The number of aromatic carboxylic acids is 1. The van der Waals surface area contributed by atoms with E-state index in [4.69, 9.17) is 0 Å². The van der Waals surface area contributed by atoms with Gasteiger partial charge in [-0.2, -0.15) is 0 Å². The first kappa shape index (κ1) is 16.3. The number of nitro benzene ring substituents is 1. The standard InChI is InChI=1S/C20H18N2O4/c1-11-5-10-16(22(25)26)17-14-3-2-4-15(14)19(21-18(11)17)12-6-8-13(9-7-12)20(23)24/h2-3,5-10,14-15,19,21H,4H2,1H3,(H,23,24)/p-1/t14-,15+,19-/m0/s1. The van der Waals surface area contributed by atoms with Crippen molar-refractivity contribution in [2.75, 3.05) is 5.32 Å². The first-order valence-corrected chi connectivity index (χ1v) is 8.49. The topological polar surface area (TPSA) is 95.3 Å². The summed E-state index contributed by atoms with van der Waals surface area (Å²) in [4.78, 5) is 22.2. The van der Waals surface area contributed by atoms with Crippen molar-refractivity contribution < 1.29 is 14.8 Å². The molecule has 0 fully saturated rings. The van der Waals surface area contributed by atoms with Crippen LogP contribution in [0.2, 0.25) is 0 Å². The number of fused-ring (bicyclic) bond motifs is 3. The summed E-state index contributed by atoms with van der Waals surface area (Å²) in [6.07, 6.45) is 4.94. The first-order chi connectivity index (χ1) is 12.5. The van der Waals surface area contributed by atoms with Gasteiger partial charge in [-0.15, -0.1) is 0 Å². The van der Waals surface area contributed by atoms with Crippen LogP contribution in [0.4, 0.5) is 11.4 Å². The maximum atomic E-state index is 11.5. The fraction of sp³-hybridized carbons (Fsp3) is 0.250. The van der Waals surface area contributed by atoms with E-state index >= 15 is 0 Å². The molecule has 1 N–H and O–H groups in total. The van der Waals surface area contributed by atoms with Crippen molar-refractivity contribution >= 4 is 17.3 Å². The maximum Gasteiger partial charge on any atom is 0.275 e. The zero-order valence-corrected chi connectivity index (χ0v) is 14.1. The van der Waals surface area contributed by atoms with Gasteiger partial charge in [0.05, 0.1) is 22.5 Å². The number of hydrogen-bond donors (Lipinski definition) is 1. The number of rotatable bonds is 3. The molecule has 0 bridgehead atoms. The van der Waals surface area contributed by atoms with Crippen molar-refractivity contribution in [2.45, 2.75) is 25.3 Å². The number of carboxylic acid groups (broad SMARTS) is 1. The number of nitrogens with one attached hydrogen (secondary N) is 1. The van der Waals surface area contributed by atoms with Gasteiger partial charge in [-0.25, -0.2) is 0 Å². The number of nitrogens with zero attached hydrogens (tertiary/aromatic N) is 1. The Kier molecular flexibility index (Phi) is 3.76. The fourth-order valence-corrected chi connectivity index (χ4v) is 4.15. The summed E-state index contributed by atoms with van der Waals surface area (Å²) < 4.78 is 0. The molecule has 2 aliphatic rings. The zero-order chi connectivity index (χ0) is 18.4. The number of allylic oxidation sites excluding steroid dienone is 2. The Labute approximate surface area is 150 Å². The first-order valence-electron chi connectivity index (χ1n) is 8.49. The van der Waals surface area contributed by atoms with Gasteiger partial charge in [0, 0.05) is 17.7 Å². The van der Waals surface area contributed by atoms with E-state index in [1.54, 1.807) is 36.4 Å². The van der Waals surface area contributed by atoms with Crippen LogP contribution in [0, 0.1) is 23.0 Å². The van der Waals surface area contributed by atoms with Gasteiger partial charge in [-0.3, -0.25) is 10.1 Å². The van der Waals surface area contributed by atoms with E-state index < -0.39 is 5.97 Å². The van der Waals surface area contributed by atoms with E-state index in [0.717, 1.165) is 28.8 Å². The molecule has 0 saturated carbocycles. The van der Waals surface area contributed by atoms with Crippen molar-refractivity contribution in [1.29, 1.82) is 0 Å². The highest BCUT2D eigenvalue weighted by Gasteiger charge is 2.42. The molecule has 0 saturated heterocycles. The average Bonchev–Trinajstić information content (AvgIpc) is 3.11. The molecule has 0 aromatic heterocycles. The number of benzene rings is 2. The van der Waals surface area contributed by atoms with Gasteiger partial charge in [0.1, 0.15) is 0 Å². The van der Waals surface area contributed by atoms with Crippen LogP contribution in [-0.4, -0.2) is 10.9 Å². The van der Waals surface area contributed by atoms with Crippen LogP contribution < -0.4 is 10.4 Å². The van der Waals surface area contributed by atoms with E-state index in [1.165, 1.54) is 0 Å². The van der Waals surface area contributed by atoms with Gasteiger partial charge < -0.3 is 15.2 Å². The second-order valence-corrected chi connectivity index (χ2v) is 6.83. The van der Waals surface area contributed by atoms with E-state index in [2.05, 4.69) is 17.5 Å². The third-order valence-electron chi connectivity index (χ3n) is 5.41. The minimum absolute atomic E-state index is 0.0302. The number of carbonyl (C=O) groups excluding carboxylic acids is 1. The molecule has 3 atom stereocenters. The van der Waals surface area contributed by atoms with Gasteiger partial charge in [0.25, 0.3) is 5.69 Å². The summed E-state index contributed by atoms with van der Waals surface area (Å²) in [6.45, 7) is 1.94. The van der Waals surface area contributed by atoms with Crippen molar-refractivity contribution in [3.05, 3.63) is 80.9 Å². The van der Waals surface area contributed by atoms with Crippen molar-refractivity contribution in [3.63, 3.8) is 0 Å². The summed E-state index contributed by atoms with van der Waals surface area (Å²) in [5.74, 6) is -1.08. The largest absolute Gasteiger partial charge is 0.545 e. The Morgan fingerprint density at radius 1 is 1.19 bits per heavy atom. The fourth-order valence-electron chi connectivity index (χ4n) is 4.15. The third kappa shape index (κ3) is 2.45. The SMILES string of the molecule is Cc1ccc([N+](=O)[O-])c2c1N[C@@H](c1ccc(C(=O)[O-])cc1)[C@@H]1CC=C[C@H]21. The van der Waals surface area contributed by atoms with E-state index in [9.17, 15) is 20.0 Å². The number of carboxylic acids is 1. The normalized spacial score (nSPS) is 23.0. The molecule has 0 spiro atoms. The number of hydrogen-bond acceptors (Lipinski definition) is 5. The molecular formula is C20H17N2O4-. The Hall–Kier alpha value is -3.15. The average molecular weight is 349 g/mol. The molecule has 1 aliphatic heterocycles. The van der Waals surface area contributed by atoms with Gasteiger partial charge >= 0.3 is 0 Å². The maximum absolute atomic E-state index is 11.5. The smallest absolute Gasteiger partial charge is 0.275 e. The van der Waals surface area contributed by atoms with Crippen molar-refractivity contribution in [2.24, 2.45) is 5.92 Å². The van der Waals surface area contributed by atoms with E-state index in [-0.39, 0.29) is 34.1 Å². The van der Waals surface area contributed by atoms with Crippen molar-refractivity contribution in [3.8, 4) is 0 Å². The monoisotopic (exact) mass is 349 g/mol. The minimum Gasteiger partial charge on any atom is -0.545 e. The molecule has 0 amide bonds. The highest BCUT2D eigenvalue weighted by Crippen LogP contribution is 2.53. The lowest BCUT2D eigenvalue weighted by Gasteiger charge is -2.38. The number of nitro groups is 1. The summed E-state index contributed by atoms with van der Waals surface area (Å²) in [7, 11) is 0. The molecule has 0 unspecified atom stereocenters. The molecule has 6 nitrogen and oxygen atoms in total. The van der Waals surface area contributed by atoms with E-state index in [0.29, 0.717) is 0 Å². The molecule has 26 heavy (non-hydrogen) atoms. The molecule has 2 aromatic rings. The zero-order valence-electron chi connectivity index (χ0n) is 14.1. The van der Waals surface area contributed by atoms with Crippen LogP contribution in [-0.2, 0) is 0 Å². The van der Waals surface area contributed by atoms with Gasteiger partial charge in [-0.05, 0) is 36.0 Å². The lowest BCUT2D eigenvalue weighted by molar-refractivity contribution is -0.385. The Morgan fingerprint density at radius 2 is 1.92 bits per heavy atom. The Morgan fingerprint density at radius 3 is 2.58 bits per heavy atom. The van der Waals surface area contributed by atoms with Crippen LogP contribution in [0.3, 0.4) is 0 Å². The molecule has 4 rings (SSSR count). The van der Waals surface area contributed by atoms with Crippen LogP contribution in [0.1, 0.15) is 45.4 Å². The predicted molar refractivity (Wildman–Crippen MR) is 95.0 cm³/mol. The highest BCUT2D eigenvalue weighted by molar-refractivity contribution is 5.85. The van der Waals surface area contributed by atoms with Crippen LogP contribution >= 0.6 is 0 Å². The van der Waals surface area contributed by atoms with Crippen LogP contribution in [0.25, 0.3) is 0 Å². The number of carbonyl (C=O) groups is 1. The summed E-state index contributed by atoms with van der Waals surface area (Å²) in [5.41, 5.74) is 3.76. The van der Waals surface area contributed by atoms with Crippen LogP contribution in [0.15, 0.2) is 48.6 Å². The second kappa shape index (κ2) is 5.98. The lowest BCUT2D eigenvalue weighted by atomic mass is 9.75. The summed E-state index contributed by atoms with van der Waals surface area (Å²) in [6, 6.07) is 9.96. The van der Waals surface area contributed by atoms with Gasteiger partial charge in [0.15, 0.2) is 0 Å². The second-order valence-electron chi connectivity index (χ2n) is 6.83. The molecule has 0 radical (unpaired) electrons. The van der Waals surface area contributed by atoms with Crippen LogP contribution in [0.5, 0.6) is 0 Å². The molecule has 1 aliphatic carbocycles. The summed E-state index contributed by atoms with van der Waals surface area (Å²) in [5, 5.41) is 26.0. The number of aryl methyl sites for hydroxylation is 1. The highest BCUT2D eigenvalue weighted by atomic mass is 16.6. The molecule has 2 aromatic carbocycles. The third-order valence-corrected chi connectivity index (χ3v) is 5.41. The molecule has 132 valence electrons. The quantitative estimate of drug-likeness (QED) is 0.522. The minimum atomic E-state index is -1.20. The molecular weight excluding hydrogens is 332 g/mol. The van der Waals surface area contributed by atoms with Gasteiger partial charge in [0.2, 0.25) is 0 Å². The Bertz CT molecular complexity index is 934. The van der Waals surface area contributed by atoms with Crippen molar-refractivity contribution in [1.82, 2.24) is 0 Å². The Balaban J connectivity index is 1.81. The lowest BCUT2D eigenvalue weighted by Crippen LogP contribution is -2.30. The summed E-state index contributed by atoms with van der Waals surface area (Å²) >= 11 is 0. The van der Waals surface area contributed by atoms with Gasteiger partial charge in [-0.1, -0.05) is 42.5 Å². The molecule has 6 heteroatoms. The van der Waals surface area contributed by atoms with E-state index in [1.807, 2.05) is 6.92 Å². The molecule has 1 heterocycles. The number of anilines is 1.